The third-order valence-electron chi connectivity index (χ3n) is 3.27. The minimum atomic E-state index is -0.429. The Bertz CT molecular complexity index is 815. The van der Waals surface area contributed by atoms with Crippen LogP contribution in [0.15, 0.2) is 48.5 Å². The summed E-state index contributed by atoms with van der Waals surface area (Å²) in [4.78, 5) is 11.2. The van der Waals surface area contributed by atoms with Crippen LogP contribution in [0.5, 0.6) is 0 Å². The smallest absolute Gasteiger partial charge is 0.172 e. The molecule has 0 spiro atoms. The van der Waals surface area contributed by atoms with Crippen molar-refractivity contribution in [3.63, 3.8) is 0 Å². The van der Waals surface area contributed by atoms with E-state index in [4.69, 9.17) is 11.6 Å². The van der Waals surface area contributed by atoms with Crippen molar-refractivity contribution in [1.82, 2.24) is 15.0 Å². The molecule has 110 valence electrons. The van der Waals surface area contributed by atoms with Gasteiger partial charge in [0.15, 0.2) is 6.29 Å². The molecule has 0 aliphatic rings. The normalized spacial score (nSPS) is 10.6. The highest BCUT2D eigenvalue weighted by Gasteiger charge is 2.16. The average Bonchev–Trinajstić information content (AvgIpc) is 2.92. The summed E-state index contributed by atoms with van der Waals surface area (Å²) < 4.78 is 15.3. The Morgan fingerprint density at radius 2 is 1.86 bits per heavy atom. The molecule has 0 aliphatic carbocycles. The molecule has 3 rings (SSSR count). The first kappa shape index (κ1) is 14.4. The third-order valence-corrected chi connectivity index (χ3v) is 3.52. The fraction of sp³-hybridized carbons (Fsp3) is 0.0625. The van der Waals surface area contributed by atoms with E-state index in [0.29, 0.717) is 23.4 Å². The van der Waals surface area contributed by atoms with E-state index in [1.54, 1.807) is 30.3 Å². The molecule has 6 heteroatoms. The van der Waals surface area contributed by atoms with Gasteiger partial charge in [-0.25, -0.2) is 9.07 Å². The summed E-state index contributed by atoms with van der Waals surface area (Å²) in [5.74, 6) is -0.429. The first-order chi connectivity index (χ1) is 10.7. The minimum Gasteiger partial charge on any atom is -0.296 e. The van der Waals surface area contributed by atoms with Gasteiger partial charge >= 0.3 is 0 Å². The van der Waals surface area contributed by atoms with Gasteiger partial charge in [0.2, 0.25) is 0 Å². The van der Waals surface area contributed by atoms with Crippen LogP contribution in [0.4, 0.5) is 4.39 Å². The minimum absolute atomic E-state index is 0.193. The van der Waals surface area contributed by atoms with E-state index in [-0.39, 0.29) is 11.4 Å². The highest BCUT2D eigenvalue weighted by atomic mass is 35.5. The summed E-state index contributed by atoms with van der Waals surface area (Å²) in [5, 5.41) is 8.34. The van der Waals surface area contributed by atoms with Gasteiger partial charge in [0.25, 0.3) is 0 Å². The zero-order valence-electron chi connectivity index (χ0n) is 11.4. The third kappa shape index (κ3) is 2.76. The van der Waals surface area contributed by atoms with Crippen molar-refractivity contribution in [3.8, 4) is 5.69 Å². The van der Waals surface area contributed by atoms with Crippen LogP contribution in [-0.2, 0) is 6.42 Å². The van der Waals surface area contributed by atoms with Gasteiger partial charge in [0.05, 0.1) is 5.69 Å². The maximum atomic E-state index is 14.0. The van der Waals surface area contributed by atoms with Crippen molar-refractivity contribution in [2.24, 2.45) is 0 Å². The van der Waals surface area contributed by atoms with E-state index in [0.717, 1.165) is 5.56 Å². The maximum Gasteiger partial charge on any atom is 0.172 e. The van der Waals surface area contributed by atoms with Crippen molar-refractivity contribution in [1.29, 1.82) is 0 Å². The summed E-state index contributed by atoms with van der Waals surface area (Å²) in [6.07, 6.45) is 1.02. The molecule has 4 nitrogen and oxygen atoms in total. The lowest BCUT2D eigenvalue weighted by Crippen LogP contribution is -2.06. The standard InChI is InChI=1S/C16H11ClFN3O/c17-12-7-5-11(6-8-12)9-16-14(10-22)19-20-21(16)15-4-2-1-3-13(15)18/h1-8,10H,9H2. The Labute approximate surface area is 131 Å². The Morgan fingerprint density at radius 3 is 2.55 bits per heavy atom. The number of halogens is 2. The number of benzene rings is 2. The quantitative estimate of drug-likeness (QED) is 0.693. The maximum absolute atomic E-state index is 14.0. The molecule has 1 aromatic heterocycles. The molecule has 0 saturated heterocycles. The molecule has 2 aromatic carbocycles. The van der Waals surface area contributed by atoms with Crippen LogP contribution in [0.2, 0.25) is 5.02 Å². The molecule has 22 heavy (non-hydrogen) atoms. The molecular formula is C16H11ClFN3O. The molecule has 0 aliphatic heterocycles. The van der Waals surface area contributed by atoms with E-state index in [1.165, 1.54) is 10.7 Å². The van der Waals surface area contributed by atoms with Crippen LogP contribution in [0.25, 0.3) is 5.69 Å². The van der Waals surface area contributed by atoms with Crippen LogP contribution in [-0.4, -0.2) is 21.3 Å². The topological polar surface area (TPSA) is 47.8 Å². The largest absolute Gasteiger partial charge is 0.296 e. The Morgan fingerprint density at radius 1 is 1.14 bits per heavy atom. The number of aldehydes is 1. The number of para-hydroxylation sites is 1. The predicted molar refractivity (Wildman–Crippen MR) is 81.0 cm³/mol. The molecular weight excluding hydrogens is 305 g/mol. The van der Waals surface area contributed by atoms with Crippen molar-refractivity contribution in [2.45, 2.75) is 6.42 Å². The van der Waals surface area contributed by atoms with Gasteiger partial charge in [-0.15, -0.1) is 5.10 Å². The van der Waals surface area contributed by atoms with Gasteiger partial charge in [0, 0.05) is 11.4 Å². The lowest BCUT2D eigenvalue weighted by molar-refractivity contribution is 0.111. The molecule has 3 aromatic rings. The summed E-state index contributed by atoms with van der Waals surface area (Å²) in [6, 6.07) is 13.4. The summed E-state index contributed by atoms with van der Waals surface area (Å²) >= 11 is 5.86. The number of nitrogens with zero attached hydrogens (tertiary/aromatic N) is 3. The zero-order chi connectivity index (χ0) is 15.5. The van der Waals surface area contributed by atoms with Crippen LogP contribution < -0.4 is 0 Å². The molecule has 0 N–H and O–H groups in total. The first-order valence-electron chi connectivity index (χ1n) is 6.58. The molecule has 0 saturated carbocycles. The van der Waals surface area contributed by atoms with Crippen LogP contribution in [0.3, 0.4) is 0 Å². The van der Waals surface area contributed by atoms with Gasteiger partial charge in [-0.3, -0.25) is 4.79 Å². The summed E-state index contributed by atoms with van der Waals surface area (Å²) in [7, 11) is 0. The van der Waals surface area contributed by atoms with Gasteiger partial charge in [-0.1, -0.05) is 41.1 Å². The van der Waals surface area contributed by atoms with Gasteiger partial charge in [-0.05, 0) is 29.8 Å². The van der Waals surface area contributed by atoms with Gasteiger partial charge < -0.3 is 0 Å². The molecule has 0 fully saturated rings. The second-order valence-electron chi connectivity index (χ2n) is 4.71. The van der Waals surface area contributed by atoms with E-state index in [1.807, 2.05) is 12.1 Å². The number of carbonyl (C=O) groups excluding carboxylic acids is 1. The zero-order valence-corrected chi connectivity index (χ0v) is 12.2. The number of aromatic nitrogens is 3. The van der Waals surface area contributed by atoms with Crippen molar-refractivity contribution in [2.75, 3.05) is 0 Å². The first-order valence-corrected chi connectivity index (χ1v) is 6.96. The van der Waals surface area contributed by atoms with Crippen molar-refractivity contribution in [3.05, 3.63) is 76.3 Å². The lowest BCUT2D eigenvalue weighted by atomic mass is 10.1. The predicted octanol–water partition coefficient (Wildman–Crippen LogP) is 3.46. The van der Waals surface area contributed by atoms with Crippen LogP contribution in [0.1, 0.15) is 21.7 Å². The molecule has 1 heterocycles. The second kappa shape index (κ2) is 6.07. The van der Waals surface area contributed by atoms with Crippen molar-refractivity contribution < 1.29 is 9.18 Å². The number of hydrogen-bond acceptors (Lipinski definition) is 3. The molecule has 0 atom stereocenters. The average molecular weight is 316 g/mol. The molecule has 0 radical (unpaired) electrons. The Kier molecular flexibility index (Phi) is 3.98. The highest BCUT2D eigenvalue weighted by molar-refractivity contribution is 6.30. The highest BCUT2D eigenvalue weighted by Crippen LogP contribution is 2.19. The molecule has 0 bridgehead atoms. The second-order valence-corrected chi connectivity index (χ2v) is 5.14. The Balaban J connectivity index is 2.06. The van der Waals surface area contributed by atoms with Gasteiger partial charge in [0.1, 0.15) is 17.2 Å². The molecule has 0 unspecified atom stereocenters. The lowest BCUT2D eigenvalue weighted by Gasteiger charge is -2.08. The number of rotatable bonds is 4. The number of hydrogen-bond donors (Lipinski definition) is 0. The number of carbonyl (C=O) groups is 1. The van der Waals surface area contributed by atoms with E-state index >= 15 is 0 Å². The van der Waals surface area contributed by atoms with E-state index in [9.17, 15) is 9.18 Å². The fourth-order valence-electron chi connectivity index (χ4n) is 2.18. The van der Waals surface area contributed by atoms with Crippen LogP contribution >= 0.6 is 11.6 Å². The summed E-state index contributed by atoms with van der Waals surface area (Å²) in [5.41, 5.74) is 1.90. The fourth-order valence-corrected chi connectivity index (χ4v) is 2.31. The Hall–Kier alpha value is -2.53. The monoisotopic (exact) mass is 315 g/mol. The van der Waals surface area contributed by atoms with Gasteiger partial charge in [-0.2, -0.15) is 0 Å². The van der Waals surface area contributed by atoms with E-state index in [2.05, 4.69) is 10.3 Å². The van der Waals surface area contributed by atoms with E-state index < -0.39 is 5.82 Å². The SMILES string of the molecule is O=Cc1nnn(-c2ccccc2F)c1Cc1ccc(Cl)cc1. The van der Waals surface area contributed by atoms with Crippen molar-refractivity contribution >= 4 is 17.9 Å². The van der Waals surface area contributed by atoms with Crippen LogP contribution in [0, 0.1) is 5.82 Å². The molecule has 0 amide bonds. The summed E-state index contributed by atoms with van der Waals surface area (Å²) in [6.45, 7) is 0.